The molecule has 0 aliphatic carbocycles. The summed E-state index contributed by atoms with van der Waals surface area (Å²) in [6.45, 7) is 5.62. The van der Waals surface area contributed by atoms with Gasteiger partial charge in [0.05, 0.1) is 18.8 Å². The van der Waals surface area contributed by atoms with Crippen LogP contribution in [0.4, 0.5) is 0 Å². The van der Waals surface area contributed by atoms with Crippen molar-refractivity contribution in [2.45, 2.75) is 33.2 Å². The largest absolute Gasteiger partial charge is 0.497 e. The molecular formula is C16H20N2O3. The topological polar surface area (TPSA) is 64.4 Å². The van der Waals surface area contributed by atoms with Crippen molar-refractivity contribution in [2.24, 2.45) is 0 Å². The van der Waals surface area contributed by atoms with Gasteiger partial charge in [-0.3, -0.25) is 4.79 Å². The Labute approximate surface area is 124 Å². The normalized spacial score (nSPS) is 12.0. The van der Waals surface area contributed by atoms with E-state index in [9.17, 15) is 4.79 Å². The van der Waals surface area contributed by atoms with Gasteiger partial charge in [-0.2, -0.15) is 0 Å². The lowest BCUT2D eigenvalue weighted by Crippen LogP contribution is -2.27. The van der Waals surface area contributed by atoms with Gasteiger partial charge in [0.2, 0.25) is 0 Å². The van der Waals surface area contributed by atoms with Gasteiger partial charge in [-0.25, -0.2) is 0 Å². The Morgan fingerprint density at radius 1 is 1.48 bits per heavy atom. The molecule has 21 heavy (non-hydrogen) atoms. The van der Waals surface area contributed by atoms with Crippen LogP contribution in [-0.2, 0) is 6.42 Å². The van der Waals surface area contributed by atoms with Crippen molar-refractivity contribution in [3.8, 4) is 5.75 Å². The molecule has 0 radical (unpaired) electrons. The Bertz CT molecular complexity index is 634. The van der Waals surface area contributed by atoms with Gasteiger partial charge >= 0.3 is 0 Å². The Morgan fingerprint density at radius 3 is 2.90 bits per heavy atom. The summed E-state index contributed by atoms with van der Waals surface area (Å²) in [7, 11) is 1.62. The van der Waals surface area contributed by atoms with Gasteiger partial charge in [-0.1, -0.05) is 24.2 Å². The van der Waals surface area contributed by atoms with Crippen molar-refractivity contribution >= 4 is 5.91 Å². The van der Waals surface area contributed by atoms with Gasteiger partial charge in [0.1, 0.15) is 17.1 Å². The highest BCUT2D eigenvalue weighted by Crippen LogP contribution is 2.20. The lowest BCUT2D eigenvalue weighted by molar-refractivity contribution is 0.0937. The van der Waals surface area contributed by atoms with Gasteiger partial charge in [0.15, 0.2) is 0 Å². The molecule has 1 aromatic carbocycles. The number of amides is 1. The monoisotopic (exact) mass is 288 g/mol. The first-order chi connectivity index (χ1) is 10.1. The van der Waals surface area contributed by atoms with Crippen LogP contribution in [0.2, 0.25) is 0 Å². The van der Waals surface area contributed by atoms with E-state index in [0.29, 0.717) is 23.4 Å². The van der Waals surface area contributed by atoms with Gasteiger partial charge in [-0.05, 0) is 38.0 Å². The zero-order valence-corrected chi connectivity index (χ0v) is 12.8. The predicted molar refractivity (Wildman–Crippen MR) is 79.5 cm³/mol. The Hall–Kier alpha value is -2.30. The number of nitrogens with one attached hydrogen (secondary N) is 1. The first-order valence-electron chi connectivity index (χ1n) is 6.96. The van der Waals surface area contributed by atoms with Crippen molar-refractivity contribution in [2.75, 3.05) is 7.11 Å². The molecule has 2 aromatic rings. The van der Waals surface area contributed by atoms with E-state index in [1.807, 2.05) is 38.1 Å². The molecule has 1 heterocycles. The van der Waals surface area contributed by atoms with Gasteiger partial charge in [-0.15, -0.1) is 0 Å². The number of methoxy groups -OCH3 is 1. The molecule has 5 heteroatoms. The molecule has 5 nitrogen and oxygen atoms in total. The third-order valence-corrected chi connectivity index (χ3v) is 3.44. The third kappa shape index (κ3) is 3.24. The molecule has 0 fully saturated rings. The number of carbonyl (C=O) groups excluding carboxylic acids is 1. The highest BCUT2D eigenvalue weighted by Gasteiger charge is 2.21. The lowest BCUT2D eigenvalue weighted by Gasteiger charge is -2.15. The molecule has 1 atom stereocenters. The second-order valence-electron chi connectivity index (χ2n) is 4.89. The molecule has 0 spiro atoms. The van der Waals surface area contributed by atoms with Crippen molar-refractivity contribution in [3.63, 3.8) is 0 Å². The lowest BCUT2D eigenvalue weighted by atomic mass is 10.1. The third-order valence-electron chi connectivity index (χ3n) is 3.44. The van der Waals surface area contributed by atoms with E-state index in [-0.39, 0.29) is 11.9 Å². The summed E-state index contributed by atoms with van der Waals surface area (Å²) in [5, 5.41) is 6.88. The molecule has 0 saturated carbocycles. The SMILES string of the molecule is CCc1noc(C)c1C(=O)N[C@H](C)c1cccc(OC)c1. The van der Waals surface area contributed by atoms with Crippen molar-refractivity contribution in [1.82, 2.24) is 10.5 Å². The molecule has 0 aliphatic rings. The maximum Gasteiger partial charge on any atom is 0.257 e. The molecule has 1 amide bonds. The Kier molecular flexibility index (Phi) is 4.62. The summed E-state index contributed by atoms with van der Waals surface area (Å²) in [5.41, 5.74) is 2.20. The smallest absolute Gasteiger partial charge is 0.257 e. The molecule has 2 rings (SSSR count). The van der Waals surface area contributed by atoms with Crippen molar-refractivity contribution < 1.29 is 14.1 Å². The maximum atomic E-state index is 12.4. The van der Waals surface area contributed by atoms with Crippen LogP contribution in [0.15, 0.2) is 28.8 Å². The average molecular weight is 288 g/mol. The molecule has 0 aliphatic heterocycles. The number of aromatic nitrogens is 1. The summed E-state index contributed by atoms with van der Waals surface area (Å²) in [6, 6.07) is 7.50. The number of aryl methyl sites for hydroxylation is 2. The minimum atomic E-state index is -0.166. The Morgan fingerprint density at radius 2 is 2.24 bits per heavy atom. The molecular weight excluding hydrogens is 268 g/mol. The number of hydrogen-bond donors (Lipinski definition) is 1. The van der Waals surface area contributed by atoms with Crippen LogP contribution in [-0.4, -0.2) is 18.2 Å². The van der Waals surface area contributed by atoms with Crippen LogP contribution in [0.3, 0.4) is 0 Å². The summed E-state index contributed by atoms with van der Waals surface area (Å²) in [5.74, 6) is 1.15. The van der Waals surface area contributed by atoms with Gasteiger partial charge in [0.25, 0.3) is 5.91 Å². The highest BCUT2D eigenvalue weighted by atomic mass is 16.5. The number of hydrogen-bond acceptors (Lipinski definition) is 4. The first kappa shape index (κ1) is 15.1. The van der Waals surface area contributed by atoms with E-state index < -0.39 is 0 Å². The van der Waals surface area contributed by atoms with E-state index in [1.165, 1.54) is 0 Å². The quantitative estimate of drug-likeness (QED) is 0.918. The molecule has 0 bridgehead atoms. The maximum absolute atomic E-state index is 12.4. The van der Waals surface area contributed by atoms with Gasteiger partial charge in [0, 0.05) is 0 Å². The van der Waals surface area contributed by atoms with Crippen LogP contribution in [0.1, 0.15) is 47.3 Å². The van der Waals surface area contributed by atoms with Crippen LogP contribution < -0.4 is 10.1 Å². The second kappa shape index (κ2) is 6.43. The van der Waals surface area contributed by atoms with E-state index in [0.717, 1.165) is 11.3 Å². The number of ether oxygens (including phenoxy) is 1. The van der Waals surface area contributed by atoms with Crippen molar-refractivity contribution in [3.05, 3.63) is 46.8 Å². The van der Waals surface area contributed by atoms with Crippen LogP contribution in [0.25, 0.3) is 0 Å². The summed E-state index contributed by atoms with van der Waals surface area (Å²) >= 11 is 0. The average Bonchev–Trinajstić information content (AvgIpc) is 2.88. The van der Waals surface area contributed by atoms with Crippen LogP contribution in [0.5, 0.6) is 5.75 Å². The molecule has 1 N–H and O–H groups in total. The fourth-order valence-corrected chi connectivity index (χ4v) is 2.21. The zero-order chi connectivity index (χ0) is 15.4. The molecule has 1 aromatic heterocycles. The van der Waals surface area contributed by atoms with E-state index in [1.54, 1.807) is 14.0 Å². The minimum Gasteiger partial charge on any atom is -0.497 e. The highest BCUT2D eigenvalue weighted by molar-refractivity contribution is 5.96. The van der Waals surface area contributed by atoms with Crippen LogP contribution >= 0.6 is 0 Å². The Balaban J connectivity index is 2.16. The van der Waals surface area contributed by atoms with Gasteiger partial charge < -0.3 is 14.6 Å². The molecule has 0 saturated heterocycles. The number of nitrogens with zero attached hydrogens (tertiary/aromatic N) is 1. The first-order valence-corrected chi connectivity index (χ1v) is 6.96. The number of benzene rings is 1. The summed E-state index contributed by atoms with van der Waals surface area (Å²) in [6.07, 6.45) is 0.660. The van der Waals surface area contributed by atoms with Crippen LogP contribution in [0, 0.1) is 6.92 Å². The second-order valence-corrected chi connectivity index (χ2v) is 4.89. The fraction of sp³-hybridized carbons (Fsp3) is 0.375. The number of carbonyl (C=O) groups is 1. The van der Waals surface area contributed by atoms with E-state index in [2.05, 4.69) is 10.5 Å². The zero-order valence-electron chi connectivity index (χ0n) is 12.8. The van der Waals surface area contributed by atoms with E-state index in [4.69, 9.17) is 9.26 Å². The number of rotatable bonds is 5. The fourth-order valence-electron chi connectivity index (χ4n) is 2.21. The predicted octanol–water partition coefficient (Wildman–Crippen LogP) is 3.05. The molecule has 112 valence electrons. The van der Waals surface area contributed by atoms with Crippen molar-refractivity contribution in [1.29, 1.82) is 0 Å². The summed E-state index contributed by atoms with van der Waals surface area (Å²) < 4.78 is 10.3. The van der Waals surface area contributed by atoms with E-state index >= 15 is 0 Å². The molecule has 0 unspecified atom stereocenters. The minimum absolute atomic E-state index is 0.133. The summed E-state index contributed by atoms with van der Waals surface area (Å²) in [4.78, 5) is 12.4. The standard InChI is InChI=1S/C16H20N2O3/c1-5-14-15(11(3)21-18-14)16(19)17-10(2)12-7-6-8-13(9-12)20-4/h6-10H,5H2,1-4H3,(H,17,19)/t10-/m1/s1.